The highest BCUT2D eigenvalue weighted by Gasteiger charge is 2.40. The zero-order chi connectivity index (χ0) is 28.7. The number of alkyl halides is 6. The number of hydrogen-bond acceptors (Lipinski definition) is 4. The third-order valence-corrected chi connectivity index (χ3v) is 5.74. The van der Waals surface area contributed by atoms with Crippen molar-refractivity contribution in [2.75, 3.05) is 26.2 Å². The quantitative estimate of drug-likeness (QED) is 0.527. The summed E-state index contributed by atoms with van der Waals surface area (Å²) in [5.74, 6) is -4.46. The number of benzene rings is 2. The van der Waals surface area contributed by atoms with E-state index in [1.807, 2.05) is 18.2 Å². The van der Waals surface area contributed by atoms with Gasteiger partial charge in [0.25, 0.3) is 0 Å². The topological polar surface area (TPSA) is 81.1 Å². The van der Waals surface area contributed by atoms with E-state index in [0.29, 0.717) is 11.8 Å². The minimum Gasteiger partial charge on any atom is -0.475 e. The molecule has 2 fully saturated rings. The molecule has 0 radical (unpaired) electrons. The maximum atomic E-state index is 13.3. The lowest BCUT2D eigenvalue weighted by Crippen LogP contribution is -2.28. The summed E-state index contributed by atoms with van der Waals surface area (Å²) in [6.07, 6.45) is -10.2. The van der Waals surface area contributed by atoms with Gasteiger partial charge in [-0.05, 0) is 47.2 Å². The Kier molecular flexibility index (Phi) is 10.6. The maximum Gasteiger partial charge on any atom is 0.490 e. The Labute approximate surface area is 212 Å². The first-order valence-corrected chi connectivity index (χ1v) is 11.1. The molecule has 210 valence electrons. The number of halogens is 8. The van der Waals surface area contributed by atoms with Gasteiger partial charge in [-0.15, -0.1) is 0 Å². The van der Waals surface area contributed by atoms with Gasteiger partial charge in [0.1, 0.15) is 11.6 Å². The Morgan fingerprint density at radius 2 is 1.08 bits per heavy atom. The maximum absolute atomic E-state index is 13.3. The highest BCUT2D eigenvalue weighted by molar-refractivity contribution is 5.73. The molecule has 2 atom stereocenters. The van der Waals surface area contributed by atoms with Crippen molar-refractivity contribution >= 4 is 11.9 Å². The second-order valence-corrected chi connectivity index (χ2v) is 8.77. The van der Waals surface area contributed by atoms with Crippen LogP contribution in [0.1, 0.15) is 11.1 Å². The number of nitrogens with zero attached hydrogens (tertiary/aromatic N) is 2. The molecule has 0 aliphatic carbocycles. The number of carboxylic acids is 2. The van der Waals surface area contributed by atoms with Crippen LogP contribution in [0.25, 0.3) is 0 Å². The molecule has 2 aliphatic heterocycles. The number of fused-ring (bicyclic) bond motifs is 1. The zero-order valence-corrected chi connectivity index (χ0v) is 19.6. The molecule has 2 saturated heterocycles. The monoisotopic (exact) mass is 556 g/mol. The fraction of sp³-hybridized carbons (Fsp3) is 0.417. The fourth-order valence-electron chi connectivity index (χ4n) is 4.19. The third kappa shape index (κ3) is 10.2. The van der Waals surface area contributed by atoms with Gasteiger partial charge >= 0.3 is 24.3 Å². The van der Waals surface area contributed by atoms with Crippen molar-refractivity contribution < 1.29 is 54.9 Å². The van der Waals surface area contributed by atoms with Gasteiger partial charge in [-0.3, -0.25) is 9.80 Å². The molecule has 38 heavy (non-hydrogen) atoms. The van der Waals surface area contributed by atoms with E-state index in [1.165, 1.54) is 23.8 Å². The summed E-state index contributed by atoms with van der Waals surface area (Å²) in [6, 6.07) is 13.7. The lowest BCUT2D eigenvalue weighted by atomic mass is 10.0. The molecule has 0 bridgehead atoms. The van der Waals surface area contributed by atoms with E-state index in [2.05, 4.69) is 9.80 Å². The van der Waals surface area contributed by atoms with Gasteiger partial charge < -0.3 is 10.2 Å². The highest BCUT2D eigenvalue weighted by Crippen LogP contribution is 2.32. The summed E-state index contributed by atoms with van der Waals surface area (Å²) < 4.78 is 89.8. The first-order chi connectivity index (χ1) is 17.5. The van der Waals surface area contributed by atoms with Crippen LogP contribution in [0.2, 0.25) is 0 Å². The van der Waals surface area contributed by atoms with Crippen molar-refractivity contribution in [2.24, 2.45) is 11.8 Å². The summed E-state index contributed by atoms with van der Waals surface area (Å²) in [5.41, 5.74) is 2.23. The molecular formula is C24H24F8N2O4. The number of carboxylic acid groups (broad SMARTS) is 2. The van der Waals surface area contributed by atoms with Crippen molar-refractivity contribution in [1.29, 1.82) is 0 Å². The van der Waals surface area contributed by atoms with Crippen LogP contribution in [0.15, 0.2) is 48.5 Å². The van der Waals surface area contributed by atoms with E-state index in [4.69, 9.17) is 19.8 Å². The lowest BCUT2D eigenvalue weighted by molar-refractivity contribution is -0.193. The minimum atomic E-state index is -5.08. The normalized spacial score (nSPS) is 19.6. The van der Waals surface area contributed by atoms with Gasteiger partial charge in [0.2, 0.25) is 0 Å². The molecule has 2 aromatic rings. The molecule has 14 heteroatoms. The summed E-state index contributed by atoms with van der Waals surface area (Å²) >= 11 is 0. The summed E-state index contributed by atoms with van der Waals surface area (Å²) in [5, 5.41) is 14.2. The Hall–Kier alpha value is -3.26. The smallest absolute Gasteiger partial charge is 0.475 e. The molecule has 0 saturated carbocycles. The van der Waals surface area contributed by atoms with Gasteiger partial charge in [0.15, 0.2) is 0 Å². The second-order valence-electron chi connectivity index (χ2n) is 8.77. The minimum absolute atomic E-state index is 0.155. The van der Waals surface area contributed by atoms with E-state index in [-0.39, 0.29) is 11.6 Å². The van der Waals surface area contributed by atoms with E-state index in [1.54, 1.807) is 12.1 Å². The molecule has 2 heterocycles. The molecular weight excluding hydrogens is 532 g/mol. The average molecular weight is 556 g/mol. The Morgan fingerprint density at radius 3 is 1.45 bits per heavy atom. The van der Waals surface area contributed by atoms with Crippen LogP contribution in [-0.2, 0) is 22.7 Å². The van der Waals surface area contributed by atoms with Gasteiger partial charge in [0.05, 0.1) is 0 Å². The largest absolute Gasteiger partial charge is 0.490 e. The van der Waals surface area contributed by atoms with Crippen LogP contribution in [-0.4, -0.2) is 70.5 Å². The average Bonchev–Trinajstić information content (AvgIpc) is 3.33. The molecule has 2 aliphatic rings. The first-order valence-electron chi connectivity index (χ1n) is 11.1. The van der Waals surface area contributed by atoms with Crippen molar-refractivity contribution in [3.05, 3.63) is 71.3 Å². The Balaban J connectivity index is 0.000000301. The molecule has 4 rings (SSSR count). The zero-order valence-electron chi connectivity index (χ0n) is 19.6. The van der Waals surface area contributed by atoms with E-state index in [9.17, 15) is 35.1 Å². The SMILES string of the molecule is Fc1ccc(CN2CC3CN(Cc4cccc(F)c4)CC3C2)cc1.O=C(O)C(F)(F)F.O=C(O)C(F)(F)F. The molecule has 0 spiro atoms. The van der Waals surface area contributed by atoms with Crippen molar-refractivity contribution in [2.45, 2.75) is 25.4 Å². The molecule has 2 N–H and O–H groups in total. The lowest BCUT2D eigenvalue weighted by Gasteiger charge is -2.21. The highest BCUT2D eigenvalue weighted by atomic mass is 19.4. The molecule has 0 aromatic heterocycles. The molecule has 2 unspecified atom stereocenters. The molecule has 6 nitrogen and oxygen atoms in total. The van der Waals surface area contributed by atoms with Crippen LogP contribution >= 0.6 is 0 Å². The summed E-state index contributed by atoms with van der Waals surface area (Å²) in [4.78, 5) is 22.7. The van der Waals surface area contributed by atoms with Crippen LogP contribution in [0.3, 0.4) is 0 Å². The van der Waals surface area contributed by atoms with Crippen molar-refractivity contribution in [3.63, 3.8) is 0 Å². The number of aliphatic carboxylic acids is 2. The van der Waals surface area contributed by atoms with Gasteiger partial charge in [-0.2, -0.15) is 26.3 Å². The number of likely N-dealkylation sites (tertiary alicyclic amines) is 2. The van der Waals surface area contributed by atoms with Crippen LogP contribution in [0.5, 0.6) is 0 Å². The third-order valence-electron chi connectivity index (χ3n) is 5.74. The predicted molar refractivity (Wildman–Crippen MR) is 118 cm³/mol. The van der Waals surface area contributed by atoms with Crippen molar-refractivity contribution in [3.8, 4) is 0 Å². The molecule has 2 aromatic carbocycles. The second kappa shape index (κ2) is 13.0. The van der Waals surface area contributed by atoms with Crippen LogP contribution < -0.4 is 0 Å². The Morgan fingerprint density at radius 1 is 0.684 bits per heavy atom. The standard InChI is InChI=1S/C20H22F2N2.2C2HF3O2/c21-19-6-4-15(5-7-19)9-23-11-17-13-24(14-18(17)12-23)10-16-2-1-3-20(22)8-16;2*3-2(4,5)1(6)7/h1-8,17-18H,9-14H2;2*(H,6,7). The fourth-order valence-corrected chi connectivity index (χ4v) is 4.19. The number of rotatable bonds is 4. The Bertz CT molecular complexity index is 1040. The molecule has 0 amide bonds. The number of hydrogen-bond donors (Lipinski definition) is 2. The van der Waals surface area contributed by atoms with Crippen molar-refractivity contribution in [1.82, 2.24) is 9.80 Å². The summed E-state index contributed by atoms with van der Waals surface area (Å²) in [7, 11) is 0. The first kappa shape index (κ1) is 31.0. The van der Waals surface area contributed by atoms with E-state index >= 15 is 0 Å². The van der Waals surface area contributed by atoms with Crippen LogP contribution in [0, 0.1) is 23.5 Å². The van der Waals surface area contributed by atoms with Crippen LogP contribution in [0.4, 0.5) is 35.1 Å². The predicted octanol–water partition coefficient (Wildman–Crippen LogP) is 4.80. The van der Waals surface area contributed by atoms with Gasteiger partial charge in [0, 0.05) is 39.3 Å². The number of carbonyl (C=O) groups is 2. The van der Waals surface area contributed by atoms with Gasteiger partial charge in [-0.1, -0.05) is 24.3 Å². The van der Waals surface area contributed by atoms with E-state index < -0.39 is 24.3 Å². The van der Waals surface area contributed by atoms with E-state index in [0.717, 1.165) is 44.8 Å². The summed E-state index contributed by atoms with van der Waals surface area (Å²) in [6.45, 7) is 6.10. The van der Waals surface area contributed by atoms with Gasteiger partial charge in [-0.25, -0.2) is 18.4 Å².